The Morgan fingerprint density at radius 2 is 1.68 bits per heavy atom. The summed E-state index contributed by atoms with van der Waals surface area (Å²) < 4.78 is 2.38. The summed E-state index contributed by atoms with van der Waals surface area (Å²) in [6.45, 7) is 0. The molecule has 3 heterocycles. The first-order valence-electron chi connectivity index (χ1n) is 11.7. The third-order valence-electron chi connectivity index (χ3n) is 6.76. The molecule has 3 aromatic carbocycles. The molecule has 5 nitrogen and oxygen atoms in total. The Morgan fingerprint density at radius 1 is 0.853 bits per heavy atom. The van der Waals surface area contributed by atoms with Gasteiger partial charge in [0.15, 0.2) is 12.0 Å². The lowest BCUT2D eigenvalue weighted by atomic mass is 10.0. The Hall–Kier alpha value is -4.38. The summed E-state index contributed by atoms with van der Waals surface area (Å²) >= 11 is 0. The van der Waals surface area contributed by atoms with E-state index in [-0.39, 0.29) is 6.17 Å². The van der Waals surface area contributed by atoms with Crippen LogP contribution in [0, 0.1) is 0 Å². The standard InChI is InChI=1S/C29H23N5/c1-2-8-21(9-3-1)34-28(32-27-29(34)31-19-18-30-27)20-14-16-22(17-15-20)33-25-12-6-4-10-23(25)24-11-5-7-13-26(24)33/h1-4,6-10,12-19,29,31H,5,11H2. The number of hydrogen-bond donors (Lipinski definition) is 1. The first-order valence-corrected chi connectivity index (χ1v) is 11.7. The van der Waals surface area contributed by atoms with Gasteiger partial charge in [0.2, 0.25) is 0 Å². The summed E-state index contributed by atoms with van der Waals surface area (Å²) in [5.74, 6) is 1.68. The van der Waals surface area contributed by atoms with Gasteiger partial charge in [-0.3, -0.25) is 4.90 Å². The number of allylic oxidation sites excluding steroid dienone is 1. The molecule has 0 saturated heterocycles. The van der Waals surface area contributed by atoms with E-state index in [4.69, 9.17) is 4.99 Å². The summed E-state index contributed by atoms with van der Waals surface area (Å²) in [6.07, 6.45) is 10.3. The number of amidine groups is 2. The predicted molar refractivity (Wildman–Crippen MR) is 140 cm³/mol. The Labute approximate surface area is 198 Å². The lowest BCUT2D eigenvalue weighted by Crippen LogP contribution is -2.47. The number of aromatic nitrogens is 1. The summed E-state index contributed by atoms with van der Waals surface area (Å²) in [7, 11) is 0. The maximum atomic E-state index is 4.91. The lowest BCUT2D eigenvalue weighted by molar-refractivity contribution is 0.755. The van der Waals surface area contributed by atoms with E-state index in [0.29, 0.717) is 0 Å². The molecule has 0 amide bonds. The number of anilines is 1. The van der Waals surface area contributed by atoms with Crippen molar-refractivity contribution >= 4 is 34.3 Å². The monoisotopic (exact) mass is 441 g/mol. The van der Waals surface area contributed by atoms with Crippen molar-refractivity contribution in [2.24, 2.45) is 9.98 Å². The Kier molecular flexibility index (Phi) is 4.27. The number of para-hydroxylation sites is 2. The van der Waals surface area contributed by atoms with Gasteiger partial charge in [-0.05, 0) is 66.9 Å². The molecule has 1 aromatic heterocycles. The average molecular weight is 442 g/mol. The van der Waals surface area contributed by atoms with Crippen molar-refractivity contribution in [2.75, 3.05) is 4.90 Å². The second-order valence-corrected chi connectivity index (χ2v) is 8.72. The summed E-state index contributed by atoms with van der Waals surface area (Å²) in [5.41, 5.74) is 7.29. The fourth-order valence-corrected chi connectivity index (χ4v) is 5.25. The fourth-order valence-electron chi connectivity index (χ4n) is 5.25. The molecular formula is C29H23N5. The number of rotatable bonds is 3. The molecule has 5 heteroatoms. The summed E-state index contributed by atoms with van der Waals surface area (Å²) in [5, 5.41) is 4.75. The maximum Gasteiger partial charge on any atom is 0.174 e. The first kappa shape index (κ1) is 19.1. The van der Waals surface area contributed by atoms with E-state index in [9.17, 15) is 0 Å². The second-order valence-electron chi connectivity index (χ2n) is 8.72. The topological polar surface area (TPSA) is 44.9 Å². The summed E-state index contributed by atoms with van der Waals surface area (Å²) in [6, 6.07) is 27.8. The number of nitrogens with zero attached hydrogens (tertiary/aromatic N) is 4. The zero-order valence-corrected chi connectivity index (χ0v) is 18.6. The van der Waals surface area contributed by atoms with Gasteiger partial charge in [0.25, 0.3) is 0 Å². The van der Waals surface area contributed by atoms with E-state index < -0.39 is 0 Å². The lowest BCUT2D eigenvalue weighted by Gasteiger charge is -2.29. The highest BCUT2D eigenvalue weighted by molar-refractivity contribution is 6.23. The fraction of sp³-hybridized carbons (Fsp3) is 0.103. The van der Waals surface area contributed by atoms with Gasteiger partial charge in [-0.15, -0.1) is 0 Å². The minimum atomic E-state index is -0.104. The molecule has 2 aliphatic heterocycles. The van der Waals surface area contributed by atoms with Crippen molar-refractivity contribution in [3.63, 3.8) is 0 Å². The molecule has 1 aliphatic carbocycles. The molecule has 164 valence electrons. The van der Waals surface area contributed by atoms with Crippen molar-refractivity contribution in [3.8, 4) is 5.69 Å². The number of fused-ring (bicyclic) bond motifs is 4. The minimum Gasteiger partial charge on any atom is -0.363 e. The number of hydrogen-bond acceptors (Lipinski definition) is 4. The zero-order chi connectivity index (χ0) is 22.5. The van der Waals surface area contributed by atoms with Gasteiger partial charge >= 0.3 is 0 Å². The van der Waals surface area contributed by atoms with Crippen molar-refractivity contribution in [2.45, 2.75) is 19.0 Å². The highest BCUT2D eigenvalue weighted by atomic mass is 15.4. The molecule has 0 spiro atoms. The van der Waals surface area contributed by atoms with Crippen molar-refractivity contribution in [1.29, 1.82) is 0 Å². The van der Waals surface area contributed by atoms with Crippen LogP contribution >= 0.6 is 0 Å². The zero-order valence-electron chi connectivity index (χ0n) is 18.6. The average Bonchev–Trinajstić information content (AvgIpc) is 3.46. The van der Waals surface area contributed by atoms with Crippen LogP contribution in [0.15, 0.2) is 107 Å². The van der Waals surface area contributed by atoms with E-state index in [0.717, 1.165) is 41.5 Å². The van der Waals surface area contributed by atoms with Gasteiger partial charge in [-0.2, -0.15) is 0 Å². The number of benzene rings is 3. The molecule has 0 radical (unpaired) electrons. The van der Waals surface area contributed by atoms with Crippen LogP contribution in [-0.4, -0.2) is 22.4 Å². The number of aliphatic imine (C=N–C) groups is 2. The largest absolute Gasteiger partial charge is 0.363 e. The Morgan fingerprint density at radius 3 is 2.56 bits per heavy atom. The van der Waals surface area contributed by atoms with E-state index in [1.54, 1.807) is 6.20 Å². The van der Waals surface area contributed by atoms with Crippen LogP contribution in [0.1, 0.15) is 23.2 Å². The minimum absolute atomic E-state index is 0.104. The van der Waals surface area contributed by atoms with Crippen LogP contribution in [0.2, 0.25) is 0 Å². The molecule has 1 N–H and O–H groups in total. The Balaban J connectivity index is 1.33. The summed E-state index contributed by atoms with van der Waals surface area (Å²) in [4.78, 5) is 11.6. The predicted octanol–water partition coefficient (Wildman–Crippen LogP) is 5.66. The van der Waals surface area contributed by atoms with Crippen molar-refractivity contribution < 1.29 is 0 Å². The molecule has 4 aromatic rings. The molecule has 0 bridgehead atoms. The van der Waals surface area contributed by atoms with Crippen LogP contribution in [0.4, 0.5) is 5.69 Å². The molecule has 3 aliphatic rings. The van der Waals surface area contributed by atoms with Crippen LogP contribution in [0.3, 0.4) is 0 Å². The van der Waals surface area contributed by atoms with Gasteiger partial charge in [-0.25, -0.2) is 9.98 Å². The quantitative estimate of drug-likeness (QED) is 0.446. The molecule has 1 unspecified atom stereocenters. The third-order valence-corrected chi connectivity index (χ3v) is 6.76. The number of nitrogens with one attached hydrogen (secondary N) is 1. The van der Waals surface area contributed by atoms with E-state index >= 15 is 0 Å². The molecular weight excluding hydrogens is 418 g/mol. The molecule has 34 heavy (non-hydrogen) atoms. The van der Waals surface area contributed by atoms with E-state index in [2.05, 4.69) is 105 Å². The highest BCUT2D eigenvalue weighted by Crippen LogP contribution is 2.34. The van der Waals surface area contributed by atoms with Crippen LogP contribution < -0.4 is 10.2 Å². The molecule has 0 fully saturated rings. The second kappa shape index (κ2) is 7.59. The van der Waals surface area contributed by atoms with Gasteiger partial charge in [0, 0.05) is 40.4 Å². The smallest absolute Gasteiger partial charge is 0.174 e. The van der Waals surface area contributed by atoms with Crippen LogP contribution in [-0.2, 0) is 6.42 Å². The SMILES string of the molecule is C1=Cc2c(c3ccccc3n2-c2ccc(C3=NC4=NC=CNC4N3c3ccccc3)cc2)CC1. The van der Waals surface area contributed by atoms with Crippen LogP contribution in [0.5, 0.6) is 0 Å². The molecule has 0 saturated carbocycles. The van der Waals surface area contributed by atoms with Gasteiger partial charge in [-0.1, -0.05) is 42.5 Å². The van der Waals surface area contributed by atoms with Crippen molar-refractivity contribution in [1.82, 2.24) is 9.88 Å². The first-order chi connectivity index (χ1) is 16.9. The van der Waals surface area contributed by atoms with Gasteiger partial charge in [0.1, 0.15) is 5.84 Å². The van der Waals surface area contributed by atoms with Crippen molar-refractivity contribution in [3.05, 3.63) is 114 Å². The highest BCUT2D eigenvalue weighted by Gasteiger charge is 2.35. The van der Waals surface area contributed by atoms with E-state index in [1.807, 2.05) is 12.3 Å². The Bertz CT molecular complexity index is 1520. The number of aryl methyl sites for hydroxylation is 1. The van der Waals surface area contributed by atoms with Crippen LogP contribution in [0.25, 0.3) is 22.7 Å². The molecule has 1 atom stereocenters. The normalized spacial score (nSPS) is 18.4. The third kappa shape index (κ3) is 2.87. The molecule has 7 rings (SSSR count). The van der Waals surface area contributed by atoms with Gasteiger partial charge in [0.05, 0.1) is 5.52 Å². The van der Waals surface area contributed by atoms with E-state index in [1.165, 1.54) is 22.2 Å². The van der Waals surface area contributed by atoms with Gasteiger partial charge < -0.3 is 9.88 Å². The maximum absolute atomic E-state index is 4.91.